The van der Waals surface area contributed by atoms with Gasteiger partial charge in [-0.05, 0) is 54.9 Å². The number of thioether (sulfide) groups is 1. The summed E-state index contributed by atoms with van der Waals surface area (Å²) in [5.41, 5.74) is -0.165. The molecule has 0 aliphatic rings. The first-order chi connectivity index (χ1) is 14.9. The summed E-state index contributed by atoms with van der Waals surface area (Å²) in [5.74, 6) is -0.241. The van der Waals surface area contributed by atoms with E-state index in [1.165, 1.54) is 18.2 Å². The van der Waals surface area contributed by atoms with Crippen LogP contribution < -0.4 is 14.8 Å². The van der Waals surface area contributed by atoms with Crippen LogP contribution in [0.25, 0.3) is 0 Å². The number of amides is 1. The van der Waals surface area contributed by atoms with Gasteiger partial charge < -0.3 is 15.3 Å². The van der Waals surface area contributed by atoms with Gasteiger partial charge in [-0.3, -0.25) is 0 Å². The van der Waals surface area contributed by atoms with E-state index >= 15 is 0 Å². The van der Waals surface area contributed by atoms with Crippen LogP contribution in [0.1, 0.15) is 26.5 Å². The zero-order valence-electron chi connectivity index (χ0n) is 17.0. The van der Waals surface area contributed by atoms with Gasteiger partial charge in [0.25, 0.3) is 0 Å². The third kappa shape index (κ3) is 8.50. The van der Waals surface area contributed by atoms with E-state index in [-0.39, 0.29) is 28.3 Å². The zero-order chi connectivity index (χ0) is 23.9. The number of ether oxygens (including phenoxy) is 1. The number of anilines is 1. The van der Waals surface area contributed by atoms with Crippen LogP contribution in [0, 0.1) is 5.82 Å². The Morgan fingerprint density at radius 3 is 2.72 bits per heavy atom. The van der Waals surface area contributed by atoms with Gasteiger partial charge in [0.05, 0.1) is 16.2 Å². The maximum Gasteiger partial charge on any atom is 0.422 e. The second kappa shape index (κ2) is 11.2. The van der Waals surface area contributed by atoms with E-state index in [4.69, 9.17) is 4.74 Å². The predicted octanol–water partition coefficient (Wildman–Crippen LogP) is 3.14. The van der Waals surface area contributed by atoms with E-state index in [1.807, 2.05) is 0 Å². The number of oxime groups is 1. The van der Waals surface area contributed by atoms with Crippen molar-refractivity contribution in [3.05, 3.63) is 34.2 Å². The molecule has 1 aromatic carbocycles. The zero-order valence-corrected chi connectivity index (χ0v) is 21.1. The molecule has 0 radical (unpaired) electrons. The van der Waals surface area contributed by atoms with E-state index in [0.29, 0.717) is 10.7 Å². The summed E-state index contributed by atoms with van der Waals surface area (Å²) in [5, 5.41) is 15.8. The lowest BCUT2D eigenvalue weighted by Crippen LogP contribution is -2.43. The molecule has 176 valence electrons. The van der Waals surface area contributed by atoms with Crippen LogP contribution in [0.2, 0.25) is 0 Å². The topological polar surface area (TPSA) is 155 Å². The van der Waals surface area contributed by atoms with Crippen molar-refractivity contribution in [2.24, 2.45) is 5.16 Å². The van der Waals surface area contributed by atoms with Gasteiger partial charge in [0.1, 0.15) is 16.4 Å². The first-order valence-electron chi connectivity index (χ1n) is 8.80. The summed E-state index contributed by atoms with van der Waals surface area (Å²) in [6, 6.07) is 4.14. The van der Waals surface area contributed by atoms with Crippen LogP contribution in [-0.4, -0.2) is 52.2 Å². The number of nitrogens with zero attached hydrogens (tertiary/aromatic N) is 3. The minimum atomic E-state index is -4.11. The third-order valence-electron chi connectivity index (χ3n) is 3.21. The molecule has 0 aliphatic heterocycles. The van der Waals surface area contributed by atoms with Gasteiger partial charge in [-0.2, -0.15) is 21.9 Å². The van der Waals surface area contributed by atoms with Crippen molar-refractivity contribution in [3.8, 4) is 0 Å². The number of hydrogen-bond acceptors (Lipinski definition) is 10. The standard InChI is InChI=1S/C16H20BrFN6O5S3/c1-16(2,3)29-15(25)24-32(27,28)19-6-7-30-14-12(22-31-23-14)13(21-26)20-9-4-5-11(18)10(17)8-9/h4-5,8,19,26H,6-7H2,1-3H3,(H,20,21)(H,24,25). The normalized spacial score (nSPS) is 12.5. The van der Waals surface area contributed by atoms with Gasteiger partial charge in [0.15, 0.2) is 11.5 Å². The summed E-state index contributed by atoms with van der Waals surface area (Å²) >= 11 is 5.09. The quantitative estimate of drug-likeness (QED) is 0.0934. The van der Waals surface area contributed by atoms with Crippen molar-refractivity contribution in [1.82, 2.24) is 18.2 Å². The number of carbonyl (C=O) groups excluding carboxylic acids is 1. The molecule has 1 amide bonds. The Bertz CT molecular complexity index is 1090. The van der Waals surface area contributed by atoms with Crippen molar-refractivity contribution >= 4 is 67.2 Å². The first kappa shape index (κ1) is 26.2. The minimum Gasteiger partial charge on any atom is -0.443 e. The van der Waals surface area contributed by atoms with E-state index in [0.717, 1.165) is 23.5 Å². The molecule has 0 spiro atoms. The smallest absolute Gasteiger partial charge is 0.422 e. The fourth-order valence-electron chi connectivity index (χ4n) is 2.03. The largest absolute Gasteiger partial charge is 0.443 e. The summed E-state index contributed by atoms with van der Waals surface area (Å²) in [7, 11) is -4.11. The van der Waals surface area contributed by atoms with Crippen molar-refractivity contribution in [2.75, 3.05) is 17.6 Å². The van der Waals surface area contributed by atoms with Gasteiger partial charge in [-0.15, -0.1) is 11.8 Å². The van der Waals surface area contributed by atoms with Gasteiger partial charge in [-0.25, -0.2) is 13.9 Å². The first-order valence-corrected chi connectivity index (χ1v) is 12.8. The van der Waals surface area contributed by atoms with Crippen molar-refractivity contribution in [2.45, 2.75) is 31.4 Å². The highest BCUT2D eigenvalue weighted by Gasteiger charge is 2.21. The molecule has 0 atom stereocenters. The van der Waals surface area contributed by atoms with Gasteiger partial charge >= 0.3 is 16.3 Å². The summed E-state index contributed by atoms with van der Waals surface area (Å²) in [6.45, 7) is 4.78. The fourth-order valence-corrected chi connectivity index (χ4v) is 4.74. The van der Waals surface area contributed by atoms with Gasteiger partial charge in [0.2, 0.25) is 0 Å². The second-order valence-electron chi connectivity index (χ2n) is 6.97. The Labute approximate surface area is 200 Å². The molecule has 0 saturated carbocycles. The molecule has 11 nitrogen and oxygen atoms in total. The summed E-state index contributed by atoms with van der Waals surface area (Å²) in [6.07, 6.45) is -1.09. The molecule has 32 heavy (non-hydrogen) atoms. The molecule has 2 rings (SSSR count). The van der Waals surface area contributed by atoms with E-state index in [1.54, 1.807) is 25.5 Å². The SMILES string of the molecule is CC(C)(C)OC(=O)NS(=O)(=O)NCCSc1nsnc1C(=NO)Nc1ccc(F)c(Br)c1. The monoisotopic (exact) mass is 570 g/mol. The molecule has 0 fully saturated rings. The summed E-state index contributed by atoms with van der Waals surface area (Å²) < 4.78 is 54.5. The molecule has 0 unspecified atom stereocenters. The second-order valence-corrected chi connectivity index (χ2v) is 10.9. The van der Waals surface area contributed by atoms with Gasteiger partial charge in [0, 0.05) is 18.0 Å². The molecule has 0 saturated heterocycles. The predicted molar refractivity (Wildman–Crippen MR) is 123 cm³/mol. The molecule has 2 aromatic rings. The summed E-state index contributed by atoms with van der Waals surface area (Å²) in [4.78, 5) is 11.6. The number of amidine groups is 1. The van der Waals surface area contributed by atoms with Crippen molar-refractivity contribution in [1.29, 1.82) is 0 Å². The molecule has 4 N–H and O–H groups in total. The average Bonchev–Trinajstić information content (AvgIpc) is 3.12. The highest BCUT2D eigenvalue weighted by Crippen LogP contribution is 2.24. The Hall–Kier alpha value is -2.01. The molecule has 1 aromatic heterocycles. The van der Waals surface area contributed by atoms with E-state index in [2.05, 4.69) is 39.9 Å². The Morgan fingerprint density at radius 1 is 1.38 bits per heavy atom. The number of benzene rings is 1. The van der Waals surface area contributed by atoms with Crippen LogP contribution in [0.4, 0.5) is 14.9 Å². The highest BCUT2D eigenvalue weighted by atomic mass is 79.9. The lowest BCUT2D eigenvalue weighted by molar-refractivity contribution is 0.0569. The van der Waals surface area contributed by atoms with Crippen LogP contribution in [0.3, 0.4) is 0 Å². The average molecular weight is 571 g/mol. The molecular weight excluding hydrogens is 551 g/mol. The number of carbonyl (C=O) groups is 1. The number of hydrogen-bond donors (Lipinski definition) is 4. The van der Waals surface area contributed by atoms with Crippen molar-refractivity contribution in [3.63, 3.8) is 0 Å². The van der Waals surface area contributed by atoms with Crippen LogP contribution in [0.15, 0.2) is 32.9 Å². The number of nitrogens with one attached hydrogen (secondary N) is 3. The lowest BCUT2D eigenvalue weighted by Gasteiger charge is -2.19. The fraction of sp³-hybridized carbons (Fsp3) is 0.375. The highest BCUT2D eigenvalue weighted by molar-refractivity contribution is 9.10. The van der Waals surface area contributed by atoms with Crippen molar-refractivity contribution < 1.29 is 27.5 Å². The van der Waals surface area contributed by atoms with E-state index < -0.39 is 27.7 Å². The molecular formula is C16H20BrFN6O5S3. The number of aromatic nitrogens is 2. The lowest BCUT2D eigenvalue weighted by atomic mass is 10.2. The molecule has 1 heterocycles. The molecule has 0 aliphatic carbocycles. The van der Waals surface area contributed by atoms with Crippen LogP contribution in [0.5, 0.6) is 0 Å². The minimum absolute atomic E-state index is 0.0214. The van der Waals surface area contributed by atoms with Gasteiger partial charge in [-0.1, -0.05) is 5.16 Å². The Morgan fingerprint density at radius 2 is 2.09 bits per heavy atom. The van der Waals surface area contributed by atoms with Crippen LogP contribution >= 0.6 is 39.4 Å². The Balaban J connectivity index is 1.92. The Kier molecular flexibility index (Phi) is 9.20. The third-order valence-corrected chi connectivity index (χ3v) is 6.45. The van der Waals surface area contributed by atoms with E-state index in [9.17, 15) is 22.8 Å². The number of halogens is 2. The maximum atomic E-state index is 13.4. The van der Waals surface area contributed by atoms with Crippen LogP contribution in [-0.2, 0) is 14.9 Å². The molecule has 0 bridgehead atoms. The maximum absolute atomic E-state index is 13.4. The molecule has 16 heteroatoms. The number of rotatable bonds is 8.